The van der Waals surface area contributed by atoms with E-state index in [9.17, 15) is 14.7 Å². The molecule has 2 N–H and O–H groups in total. The van der Waals surface area contributed by atoms with Crippen LogP contribution in [0.2, 0.25) is 0 Å². The summed E-state index contributed by atoms with van der Waals surface area (Å²) in [5.41, 5.74) is 7.57. The first-order valence-electron chi connectivity index (χ1n) is 12.4. The fourth-order valence-electron chi connectivity index (χ4n) is 4.87. The van der Waals surface area contributed by atoms with Gasteiger partial charge >= 0.3 is 5.97 Å². The van der Waals surface area contributed by atoms with E-state index >= 15 is 0 Å². The van der Waals surface area contributed by atoms with Crippen molar-refractivity contribution in [3.05, 3.63) is 98.7 Å². The molecule has 37 heavy (non-hydrogen) atoms. The number of carbonyl (C=O) groups is 2. The maximum absolute atomic E-state index is 13.7. The number of carboxylic acid groups (broad SMARTS) is 1. The van der Waals surface area contributed by atoms with Crippen LogP contribution in [0.1, 0.15) is 66.5 Å². The molecule has 6 nitrogen and oxygen atoms in total. The highest BCUT2D eigenvalue weighted by atomic mass is 32.1. The number of aromatic carboxylic acids is 1. The van der Waals surface area contributed by atoms with Gasteiger partial charge in [-0.1, -0.05) is 23.8 Å². The molecule has 0 aliphatic heterocycles. The predicted octanol–water partition coefficient (Wildman–Crippen LogP) is 7.04. The van der Waals surface area contributed by atoms with Gasteiger partial charge in [0.25, 0.3) is 5.91 Å². The van der Waals surface area contributed by atoms with Crippen LogP contribution in [-0.2, 0) is 12.8 Å². The van der Waals surface area contributed by atoms with Crippen molar-refractivity contribution in [1.29, 1.82) is 0 Å². The van der Waals surface area contributed by atoms with Gasteiger partial charge in [0.1, 0.15) is 5.00 Å². The zero-order chi connectivity index (χ0) is 26.1. The van der Waals surface area contributed by atoms with E-state index in [4.69, 9.17) is 0 Å². The Hall–Kier alpha value is -3.97. The van der Waals surface area contributed by atoms with Gasteiger partial charge in [-0.05, 0) is 88.4 Å². The minimum atomic E-state index is -0.978. The number of carbonyl (C=O) groups excluding carboxylic acids is 1. The number of aromatic nitrogens is 1. The summed E-state index contributed by atoms with van der Waals surface area (Å²) in [5.74, 6) is -1.06. The van der Waals surface area contributed by atoms with Crippen molar-refractivity contribution in [2.24, 2.45) is 4.99 Å². The molecular weight excluding hydrogens is 482 g/mol. The van der Waals surface area contributed by atoms with Crippen LogP contribution in [0.4, 0.5) is 11.4 Å². The Morgan fingerprint density at radius 1 is 1.03 bits per heavy atom. The van der Waals surface area contributed by atoms with E-state index in [1.54, 1.807) is 41.8 Å². The molecule has 0 fully saturated rings. The molecule has 2 heterocycles. The monoisotopic (exact) mass is 511 g/mol. The van der Waals surface area contributed by atoms with Crippen molar-refractivity contribution in [2.45, 2.75) is 46.5 Å². The van der Waals surface area contributed by atoms with E-state index in [1.807, 2.05) is 45.0 Å². The fraction of sp³-hybridized carbons (Fsp3) is 0.233. The van der Waals surface area contributed by atoms with Crippen molar-refractivity contribution in [3.8, 4) is 5.00 Å². The number of amides is 1. The average Bonchev–Trinajstić information content (AvgIpc) is 3.40. The Balaban J connectivity index is 1.53. The van der Waals surface area contributed by atoms with Crippen molar-refractivity contribution in [2.75, 3.05) is 5.32 Å². The first-order valence-corrected chi connectivity index (χ1v) is 13.2. The van der Waals surface area contributed by atoms with Crippen LogP contribution >= 0.6 is 11.3 Å². The number of rotatable bonds is 6. The standard InChI is InChI=1S/C30H29N3O3S/c1-18-11-13-23(14-12-18)32-28(34)27-25-9-4-5-10-26(25)37-29(27)33-19(2)15-22(20(33)3)17-31-24-8-6-7-21(16-24)30(35)36/h6-8,11-17H,4-5,9-10H2,1-3H3,(H,32,34)(H,35,36). The van der Waals surface area contributed by atoms with Crippen LogP contribution < -0.4 is 5.32 Å². The number of aryl methyl sites for hydroxylation is 3. The molecule has 0 saturated heterocycles. The van der Waals surface area contributed by atoms with Crippen molar-refractivity contribution in [3.63, 3.8) is 0 Å². The van der Waals surface area contributed by atoms with E-state index < -0.39 is 5.97 Å². The number of anilines is 1. The normalized spacial score (nSPS) is 13.1. The maximum atomic E-state index is 13.7. The van der Waals surface area contributed by atoms with Crippen LogP contribution in [0, 0.1) is 20.8 Å². The van der Waals surface area contributed by atoms with Crippen LogP contribution in [0.3, 0.4) is 0 Å². The van der Waals surface area contributed by atoms with Crippen molar-refractivity contribution < 1.29 is 14.7 Å². The number of benzene rings is 2. The van der Waals surface area contributed by atoms with Crippen molar-refractivity contribution in [1.82, 2.24) is 4.57 Å². The third-order valence-electron chi connectivity index (χ3n) is 6.81. The third kappa shape index (κ3) is 5.00. The lowest BCUT2D eigenvalue weighted by atomic mass is 9.95. The van der Waals surface area contributed by atoms with Crippen LogP contribution in [0.5, 0.6) is 0 Å². The number of nitrogens with one attached hydrogen (secondary N) is 1. The first kappa shape index (κ1) is 24.7. The Morgan fingerprint density at radius 2 is 1.78 bits per heavy atom. The Labute approximate surface area is 220 Å². The lowest BCUT2D eigenvalue weighted by Crippen LogP contribution is -2.17. The number of aliphatic imine (C=N–C) groups is 1. The molecule has 0 saturated carbocycles. The van der Waals surface area contributed by atoms with E-state index in [0.29, 0.717) is 5.69 Å². The summed E-state index contributed by atoms with van der Waals surface area (Å²) < 4.78 is 2.15. The van der Waals surface area contributed by atoms with Gasteiger partial charge in [0.05, 0.1) is 16.8 Å². The van der Waals surface area contributed by atoms with E-state index in [0.717, 1.165) is 64.4 Å². The fourth-order valence-corrected chi connectivity index (χ4v) is 6.37. The van der Waals surface area contributed by atoms with E-state index in [1.165, 1.54) is 10.4 Å². The average molecular weight is 512 g/mol. The summed E-state index contributed by atoms with van der Waals surface area (Å²) in [5, 5.41) is 13.3. The molecule has 0 spiro atoms. The van der Waals surface area contributed by atoms with Gasteiger partial charge in [-0.25, -0.2) is 4.79 Å². The van der Waals surface area contributed by atoms with Crippen molar-refractivity contribution >= 4 is 40.8 Å². The van der Waals surface area contributed by atoms with E-state index in [2.05, 4.69) is 20.9 Å². The molecule has 0 unspecified atom stereocenters. The number of hydrogen-bond acceptors (Lipinski definition) is 4. The van der Waals surface area contributed by atoms with Crippen LogP contribution in [0.15, 0.2) is 59.6 Å². The number of hydrogen-bond donors (Lipinski definition) is 2. The van der Waals surface area contributed by atoms with Gasteiger partial charge in [-0.2, -0.15) is 0 Å². The summed E-state index contributed by atoms with van der Waals surface area (Å²) >= 11 is 1.71. The molecule has 2 aromatic heterocycles. The minimum absolute atomic E-state index is 0.0774. The van der Waals surface area contributed by atoms with Gasteiger partial charge in [0.2, 0.25) is 0 Å². The molecule has 7 heteroatoms. The highest BCUT2D eigenvalue weighted by molar-refractivity contribution is 7.15. The largest absolute Gasteiger partial charge is 0.478 e. The summed E-state index contributed by atoms with van der Waals surface area (Å²) in [6, 6.07) is 16.5. The zero-order valence-corrected chi connectivity index (χ0v) is 22.0. The molecular formula is C30H29N3O3S. The Kier molecular flexibility index (Phi) is 6.80. The zero-order valence-electron chi connectivity index (χ0n) is 21.2. The number of fused-ring (bicyclic) bond motifs is 1. The second-order valence-corrected chi connectivity index (χ2v) is 10.6. The lowest BCUT2D eigenvalue weighted by molar-refractivity contribution is 0.0696. The van der Waals surface area contributed by atoms with Gasteiger partial charge in [0.15, 0.2) is 0 Å². The van der Waals surface area contributed by atoms with Gasteiger partial charge in [-0.3, -0.25) is 9.79 Å². The highest BCUT2D eigenvalue weighted by Gasteiger charge is 2.28. The highest BCUT2D eigenvalue weighted by Crippen LogP contribution is 2.39. The molecule has 2 aromatic carbocycles. The van der Waals surface area contributed by atoms with Gasteiger partial charge < -0.3 is 15.0 Å². The number of nitrogens with zero attached hydrogens (tertiary/aromatic N) is 2. The lowest BCUT2D eigenvalue weighted by Gasteiger charge is -2.14. The smallest absolute Gasteiger partial charge is 0.335 e. The molecule has 1 aliphatic rings. The SMILES string of the molecule is Cc1ccc(NC(=O)c2c(-n3c(C)cc(C=Nc4cccc(C(=O)O)c4)c3C)sc3c2CCCC3)cc1. The molecule has 5 rings (SSSR count). The third-order valence-corrected chi connectivity index (χ3v) is 8.09. The maximum Gasteiger partial charge on any atom is 0.335 e. The quantitative estimate of drug-likeness (QED) is 0.272. The molecule has 4 aromatic rings. The Morgan fingerprint density at radius 3 is 2.54 bits per heavy atom. The summed E-state index contributed by atoms with van der Waals surface area (Å²) in [7, 11) is 0. The predicted molar refractivity (Wildman–Crippen MR) is 150 cm³/mol. The Bertz CT molecular complexity index is 1530. The topological polar surface area (TPSA) is 83.7 Å². The van der Waals surface area contributed by atoms with Crippen LogP contribution in [-0.4, -0.2) is 27.8 Å². The second kappa shape index (κ2) is 10.2. The summed E-state index contributed by atoms with van der Waals surface area (Å²) in [6.07, 6.45) is 5.90. The molecule has 1 amide bonds. The van der Waals surface area contributed by atoms with Crippen LogP contribution in [0.25, 0.3) is 5.00 Å². The molecule has 1 aliphatic carbocycles. The minimum Gasteiger partial charge on any atom is -0.478 e. The second-order valence-electron chi connectivity index (χ2n) is 9.49. The number of thiophene rings is 1. The molecule has 0 bridgehead atoms. The van der Waals surface area contributed by atoms with Gasteiger partial charge in [-0.15, -0.1) is 11.3 Å². The van der Waals surface area contributed by atoms with E-state index in [-0.39, 0.29) is 11.5 Å². The summed E-state index contributed by atoms with van der Waals surface area (Å²) in [4.78, 5) is 30.8. The first-order chi connectivity index (χ1) is 17.8. The number of carboxylic acids is 1. The molecule has 0 radical (unpaired) electrons. The molecule has 0 atom stereocenters. The van der Waals surface area contributed by atoms with Gasteiger partial charge in [0, 0.05) is 33.7 Å². The molecule has 188 valence electrons. The summed E-state index contributed by atoms with van der Waals surface area (Å²) in [6.45, 7) is 6.10.